The maximum absolute atomic E-state index is 13.0. The summed E-state index contributed by atoms with van der Waals surface area (Å²) in [6.07, 6.45) is 6.23. The Hall–Kier alpha value is -4.12. The molecule has 0 atom stereocenters. The van der Waals surface area contributed by atoms with Crippen molar-refractivity contribution in [1.82, 2.24) is 5.32 Å². The van der Waals surface area contributed by atoms with Crippen LogP contribution in [0, 0.1) is 5.82 Å². The highest BCUT2D eigenvalue weighted by atomic mass is 19.1. The molecule has 0 aromatic heterocycles. The molecule has 0 saturated carbocycles. The Bertz CT molecular complexity index is 1220. The molecule has 3 aromatic rings. The SMILES string of the molecule is O=C1C=C(c2ccc(CCc3ccc(C=CC(=O)c4ccc(F)cc4)cc3)cc2)C(=O)N1. The van der Waals surface area contributed by atoms with Crippen LogP contribution < -0.4 is 5.32 Å². The molecule has 0 saturated heterocycles. The van der Waals surface area contributed by atoms with Crippen molar-refractivity contribution in [2.24, 2.45) is 0 Å². The van der Waals surface area contributed by atoms with E-state index in [0.29, 0.717) is 11.1 Å². The number of carbonyl (C=O) groups is 3. The normalized spacial score (nSPS) is 13.3. The molecule has 0 spiro atoms. The summed E-state index contributed by atoms with van der Waals surface area (Å²) in [6, 6.07) is 21.1. The van der Waals surface area contributed by atoms with Gasteiger partial charge in [-0.3, -0.25) is 19.7 Å². The Balaban J connectivity index is 1.32. The topological polar surface area (TPSA) is 63.2 Å². The summed E-state index contributed by atoms with van der Waals surface area (Å²) < 4.78 is 13.0. The van der Waals surface area contributed by atoms with E-state index in [1.165, 1.54) is 42.0 Å². The first-order valence-corrected chi connectivity index (χ1v) is 10.2. The lowest BCUT2D eigenvalue weighted by Gasteiger charge is -2.05. The molecular weight excluding hydrogens is 405 g/mol. The van der Waals surface area contributed by atoms with Crippen LogP contribution in [0.1, 0.15) is 32.6 Å². The zero-order chi connectivity index (χ0) is 22.5. The van der Waals surface area contributed by atoms with Crippen LogP contribution in [0.4, 0.5) is 4.39 Å². The first kappa shape index (κ1) is 21.1. The van der Waals surface area contributed by atoms with Gasteiger partial charge in [0.05, 0.1) is 5.57 Å². The number of halogens is 1. The van der Waals surface area contributed by atoms with E-state index in [9.17, 15) is 18.8 Å². The van der Waals surface area contributed by atoms with Crippen LogP contribution >= 0.6 is 0 Å². The van der Waals surface area contributed by atoms with Crippen LogP contribution in [0.15, 0.2) is 84.9 Å². The van der Waals surface area contributed by atoms with Gasteiger partial charge in [-0.15, -0.1) is 0 Å². The molecule has 4 nitrogen and oxygen atoms in total. The summed E-state index contributed by atoms with van der Waals surface area (Å²) in [7, 11) is 0. The van der Waals surface area contributed by atoms with E-state index >= 15 is 0 Å². The van der Waals surface area contributed by atoms with Crippen molar-refractivity contribution >= 4 is 29.2 Å². The number of imide groups is 1. The van der Waals surface area contributed by atoms with E-state index in [0.717, 1.165) is 29.5 Å². The van der Waals surface area contributed by atoms with Gasteiger partial charge in [-0.2, -0.15) is 0 Å². The van der Waals surface area contributed by atoms with Gasteiger partial charge in [-0.25, -0.2) is 4.39 Å². The molecule has 5 heteroatoms. The molecular formula is C27H20FNO3. The van der Waals surface area contributed by atoms with Crippen molar-refractivity contribution in [3.8, 4) is 0 Å². The predicted octanol–water partition coefficient (Wildman–Crippen LogP) is 4.55. The van der Waals surface area contributed by atoms with Gasteiger partial charge < -0.3 is 0 Å². The van der Waals surface area contributed by atoms with E-state index in [1.807, 2.05) is 48.5 Å². The summed E-state index contributed by atoms with van der Waals surface area (Å²) >= 11 is 0. The highest BCUT2D eigenvalue weighted by Gasteiger charge is 2.21. The number of hydrogen-bond acceptors (Lipinski definition) is 3. The van der Waals surface area contributed by atoms with Crippen molar-refractivity contribution < 1.29 is 18.8 Å². The van der Waals surface area contributed by atoms with E-state index in [4.69, 9.17) is 0 Å². The van der Waals surface area contributed by atoms with Crippen LogP contribution in [-0.2, 0) is 22.4 Å². The minimum absolute atomic E-state index is 0.173. The standard InChI is InChI=1S/C27H20FNO3/c28-23-14-12-22(13-15-23)25(30)16-9-19-4-1-18(2-5-19)3-6-20-7-10-21(11-8-20)24-17-26(31)29-27(24)32/h1-2,4-5,7-17H,3,6H2,(H,29,31,32). The third-order valence-corrected chi connectivity index (χ3v) is 5.26. The fraction of sp³-hybridized carbons (Fsp3) is 0.0741. The number of nitrogens with one attached hydrogen (secondary N) is 1. The predicted molar refractivity (Wildman–Crippen MR) is 121 cm³/mol. The molecule has 2 amide bonds. The van der Waals surface area contributed by atoms with Gasteiger partial charge in [0.2, 0.25) is 0 Å². The largest absolute Gasteiger partial charge is 0.289 e. The van der Waals surface area contributed by atoms with Gasteiger partial charge in [0.15, 0.2) is 5.78 Å². The summed E-state index contributed by atoms with van der Waals surface area (Å²) in [4.78, 5) is 35.2. The van der Waals surface area contributed by atoms with Crippen molar-refractivity contribution in [1.29, 1.82) is 0 Å². The second kappa shape index (κ2) is 9.35. The number of amides is 2. The molecule has 3 aromatic carbocycles. The average molecular weight is 425 g/mol. The average Bonchev–Trinajstić information content (AvgIpc) is 3.15. The fourth-order valence-electron chi connectivity index (χ4n) is 3.44. The summed E-state index contributed by atoms with van der Waals surface area (Å²) in [5.41, 5.74) is 4.77. The van der Waals surface area contributed by atoms with E-state index in [2.05, 4.69) is 5.32 Å². The molecule has 1 heterocycles. The number of allylic oxidation sites excluding steroid dienone is 1. The molecule has 1 aliphatic rings. The third kappa shape index (κ3) is 5.13. The number of benzene rings is 3. The van der Waals surface area contributed by atoms with Crippen molar-refractivity contribution in [2.45, 2.75) is 12.8 Å². The summed E-state index contributed by atoms with van der Waals surface area (Å²) in [5, 5.41) is 2.25. The highest BCUT2D eigenvalue weighted by molar-refractivity contribution is 6.33. The Morgan fingerprint density at radius 2 is 1.41 bits per heavy atom. The van der Waals surface area contributed by atoms with Gasteiger partial charge in [-0.1, -0.05) is 54.6 Å². The molecule has 158 valence electrons. The quantitative estimate of drug-likeness (QED) is 0.343. The molecule has 1 aliphatic heterocycles. The van der Waals surface area contributed by atoms with Gasteiger partial charge in [0.1, 0.15) is 5.82 Å². The second-order valence-corrected chi connectivity index (χ2v) is 7.52. The molecule has 1 N–H and O–H groups in total. The zero-order valence-corrected chi connectivity index (χ0v) is 17.2. The first-order valence-electron chi connectivity index (χ1n) is 10.2. The Morgan fingerprint density at radius 1 is 0.812 bits per heavy atom. The van der Waals surface area contributed by atoms with Crippen molar-refractivity contribution in [3.63, 3.8) is 0 Å². The lowest BCUT2D eigenvalue weighted by atomic mass is 10.00. The number of rotatable bonds is 7. The lowest BCUT2D eigenvalue weighted by molar-refractivity contribution is -0.123. The minimum Gasteiger partial charge on any atom is -0.289 e. The Kier molecular flexibility index (Phi) is 6.17. The number of carbonyl (C=O) groups excluding carboxylic acids is 3. The number of aryl methyl sites for hydroxylation is 2. The van der Waals surface area contributed by atoms with Crippen LogP contribution in [-0.4, -0.2) is 17.6 Å². The van der Waals surface area contributed by atoms with E-state index in [-0.39, 0.29) is 23.4 Å². The van der Waals surface area contributed by atoms with E-state index < -0.39 is 0 Å². The highest BCUT2D eigenvalue weighted by Crippen LogP contribution is 2.19. The molecule has 4 rings (SSSR count). The molecule has 0 bridgehead atoms. The van der Waals surface area contributed by atoms with Crippen LogP contribution in [0.2, 0.25) is 0 Å². The molecule has 0 unspecified atom stereocenters. The first-order chi connectivity index (χ1) is 15.5. The monoisotopic (exact) mass is 425 g/mol. The Labute approximate surface area is 185 Å². The van der Waals surface area contributed by atoms with Gasteiger partial charge in [0, 0.05) is 11.6 Å². The van der Waals surface area contributed by atoms with Crippen molar-refractivity contribution in [3.05, 3.63) is 119 Å². The Morgan fingerprint density at radius 3 is 1.97 bits per heavy atom. The summed E-state index contributed by atoms with van der Waals surface area (Å²) in [5.74, 6) is -1.29. The smallest absolute Gasteiger partial charge is 0.258 e. The molecule has 0 fully saturated rings. The third-order valence-electron chi connectivity index (χ3n) is 5.26. The molecule has 0 radical (unpaired) electrons. The van der Waals surface area contributed by atoms with Gasteiger partial charge in [0.25, 0.3) is 11.8 Å². The zero-order valence-electron chi connectivity index (χ0n) is 17.2. The molecule has 0 aliphatic carbocycles. The minimum atomic E-state index is -0.382. The summed E-state index contributed by atoms with van der Waals surface area (Å²) in [6.45, 7) is 0. The van der Waals surface area contributed by atoms with E-state index in [1.54, 1.807) is 6.08 Å². The maximum atomic E-state index is 13.0. The maximum Gasteiger partial charge on any atom is 0.258 e. The number of hydrogen-bond donors (Lipinski definition) is 1. The van der Waals surface area contributed by atoms with Gasteiger partial charge >= 0.3 is 0 Å². The second-order valence-electron chi connectivity index (χ2n) is 7.52. The van der Waals surface area contributed by atoms with Crippen molar-refractivity contribution in [2.75, 3.05) is 0 Å². The van der Waals surface area contributed by atoms with Crippen LogP contribution in [0.5, 0.6) is 0 Å². The lowest BCUT2D eigenvalue weighted by Crippen LogP contribution is -2.21. The molecule has 32 heavy (non-hydrogen) atoms. The van der Waals surface area contributed by atoms with Gasteiger partial charge in [-0.05, 0) is 65.4 Å². The fourth-order valence-corrected chi connectivity index (χ4v) is 3.44. The van der Waals surface area contributed by atoms with Crippen LogP contribution in [0.25, 0.3) is 11.6 Å². The van der Waals surface area contributed by atoms with Crippen LogP contribution in [0.3, 0.4) is 0 Å². The number of ketones is 1.